The Morgan fingerprint density at radius 2 is 2.21 bits per heavy atom. The van der Waals surface area contributed by atoms with Crippen molar-refractivity contribution in [2.24, 2.45) is 5.73 Å². The Kier molecular flexibility index (Phi) is 2.65. The maximum atomic E-state index is 5.97. The van der Waals surface area contributed by atoms with Crippen LogP contribution in [-0.4, -0.2) is 4.98 Å². The molecule has 2 heterocycles. The Bertz CT molecular complexity index is 397. The second kappa shape index (κ2) is 3.94. The monoisotopic (exact) mass is 252 g/mol. The maximum absolute atomic E-state index is 5.97. The van der Waals surface area contributed by atoms with Crippen LogP contribution in [0, 0.1) is 0 Å². The maximum Gasteiger partial charge on any atom is 0.0954 e. The average molecular weight is 253 g/mol. The summed E-state index contributed by atoms with van der Waals surface area (Å²) < 4.78 is 5.91. The van der Waals surface area contributed by atoms with Crippen molar-refractivity contribution in [1.29, 1.82) is 0 Å². The lowest BCUT2D eigenvalue weighted by atomic mass is 10.1. The molecular weight excluding hydrogens is 244 g/mol. The lowest BCUT2D eigenvalue weighted by molar-refractivity contribution is 0.561. The molecule has 14 heavy (non-hydrogen) atoms. The van der Waals surface area contributed by atoms with Crippen LogP contribution in [0.25, 0.3) is 0 Å². The zero-order valence-corrected chi connectivity index (χ0v) is 8.94. The van der Waals surface area contributed by atoms with Crippen LogP contribution in [-0.2, 0) is 0 Å². The van der Waals surface area contributed by atoms with Crippen molar-refractivity contribution in [3.05, 3.63) is 52.7 Å². The molecule has 0 aromatic carbocycles. The number of furan rings is 1. The van der Waals surface area contributed by atoms with Gasteiger partial charge in [0.05, 0.1) is 24.3 Å². The van der Waals surface area contributed by atoms with Crippen molar-refractivity contribution in [2.75, 3.05) is 0 Å². The molecule has 1 atom stereocenters. The fourth-order valence-corrected chi connectivity index (χ4v) is 1.43. The van der Waals surface area contributed by atoms with Gasteiger partial charge in [0.25, 0.3) is 0 Å². The quantitative estimate of drug-likeness (QED) is 0.894. The molecule has 0 aliphatic rings. The molecular formula is C10H9BrN2O. The van der Waals surface area contributed by atoms with E-state index in [1.54, 1.807) is 18.7 Å². The fraction of sp³-hybridized carbons (Fsp3) is 0.100. The standard InChI is InChI=1S/C10H9BrN2O/c11-8-1-2-9(13-5-8)10(12)7-3-4-14-6-7/h1-6,10H,12H2. The summed E-state index contributed by atoms with van der Waals surface area (Å²) in [6.07, 6.45) is 4.97. The molecule has 4 heteroatoms. The van der Waals surface area contributed by atoms with E-state index in [-0.39, 0.29) is 6.04 Å². The summed E-state index contributed by atoms with van der Waals surface area (Å²) in [7, 11) is 0. The molecule has 0 amide bonds. The van der Waals surface area contributed by atoms with Gasteiger partial charge in [-0.05, 0) is 34.1 Å². The zero-order valence-electron chi connectivity index (χ0n) is 7.35. The van der Waals surface area contributed by atoms with Crippen LogP contribution in [0.15, 0.2) is 45.8 Å². The lowest BCUT2D eigenvalue weighted by Gasteiger charge is -2.07. The van der Waals surface area contributed by atoms with Crippen molar-refractivity contribution >= 4 is 15.9 Å². The van der Waals surface area contributed by atoms with Crippen LogP contribution in [0.5, 0.6) is 0 Å². The first kappa shape index (κ1) is 9.43. The first-order chi connectivity index (χ1) is 6.77. The highest BCUT2D eigenvalue weighted by molar-refractivity contribution is 9.10. The molecule has 2 aromatic rings. The van der Waals surface area contributed by atoms with E-state index >= 15 is 0 Å². The summed E-state index contributed by atoms with van der Waals surface area (Å²) in [5, 5.41) is 0. The van der Waals surface area contributed by atoms with Gasteiger partial charge in [-0.25, -0.2) is 0 Å². The third-order valence-corrected chi connectivity index (χ3v) is 2.44. The predicted octanol–water partition coefficient (Wildman–Crippen LogP) is 2.49. The Balaban J connectivity index is 2.28. The second-order valence-electron chi connectivity index (χ2n) is 2.94. The normalized spacial score (nSPS) is 12.7. The second-order valence-corrected chi connectivity index (χ2v) is 3.85. The number of hydrogen-bond donors (Lipinski definition) is 1. The van der Waals surface area contributed by atoms with Crippen molar-refractivity contribution in [1.82, 2.24) is 4.98 Å². The SMILES string of the molecule is NC(c1ccoc1)c1ccc(Br)cn1. The first-order valence-corrected chi connectivity index (χ1v) is 4.96. The summed E-state index contributed by atoms with van der Waals surface area (Å²) in [4.78, 5) is 4.22. The minimum atomic E-state index is -0.221. The summed E-state index contributed by atoms with van der Waals surface area (Å²) in [5.41, 5.74) is 7.73. The molecule has 2 rings (SSSR count). The minimum Gasteiger partial charge on any atom is -0.472 e. The van der Waals surface area contributed by atoms with E-state index in [9.17, 15) is 0 Å². The molecule has 0 fully saturated rings. The van der Waals surface area contributed by atoms with Gasteiger partial charge in [-0.2, -0.15) is 0 Å². The highest BCUT2D eigenvalue weighted by Crippen LogP contribution is 2.19. The molecule has 72 valence electrons. The van der Waals surface area contributed by atoms with Crippen LogP contribution in [0.4, 0.5) is 0 Å². The van der Waals surface area contributed by atoms with Crippen LogP contribution >= 0.6 is 15.9 Å². The van der Waals surface area contributed by atoms with Gasteiger partial charge in [-0.3, -0.25) is 4.98 Å². The van der Waals surface area contributed by atoms with E-state index in [1.807, 2.05) is 18.2 Å². The average Bonchev–Trinajstić information content (AvgIpc) is 2.71. The van der Waals surface area contributed by atoms with E-state index in [0.29, 0.717) is 0 Å². The van der Waals surface area contributed by atoms with Gasteiger partial charge in [0.15, 0.2) is 0 Å². The fourth-order valence-electron chi connectivity index (χ4n) is 1.19. The largest absolute Gasteiger partial charge is 0.472 e. The van der Waals surface area contributed by atoms with Crippen LogP contribution in [0.1, 0.15) is 17.3 Å². The van der Waals surface area contributed by atoms with Gasteiger partial charge in [-0.1, -0.05) is 0 Å². The minimum absolute atomic E-state index is 0.221. The van der Waals surface area contributed by atoms with Crippen LogP contribution < -0.4 is 5.73 Å². The van der Waals surface area contributed by atoms with Crippen molar-refractivity contribution in [2.45, 2.75) is 6.04 Å². The van der Waals surface area contributed by atoms with E-state index in [2.05, 4.69) is 20.9 Å². The van der Waals surface area contributed by atoms with E-state index in [0.717, 1.165) is 15.7 Å². The zero-order chi connectivity index (χ0) is 9.97. The summed E-state index contributed by atoms with van der Waals surface area (Å²) in [5.74, 6) is 0. The van der Waals surface area contributed by atoms with Gasteiger partial charge in [0.2, 0.25) is 0 Å². The highest BCUT2D eigenvalue weighted by atomic mass is 79.9. The molecule has 2 aromatic heterocycles. The molecule has 0 aliphatic heterocycles. The van der Waals surface area contributed by atoms with Gasteiger partial charge in [-0.15, -0.1) is 0 Å². The van der Waals surface area contributed by atoms with E-state index in [1.165, 1.54) is 0 Å². The highest BCUT2D eigenvalue weighted by Gasteiger charge is 2.10. The number of aromatic nitrogens is 1. The Morgan fingerprint density at radius 3 is 2.79 bits per heavy atom. The summed E-state index contributed by atoms with van der Waals surface area (Å²) in [6, 6.07) is 5.43. The molecule has 0 spiro atoms. The first-order valence-electron chi connectivity index (χ1n) is 4.16. The number of nitrogens with two attached hydrogens (primary N) is 1. The van der Waals surface area contributed by atoms with Crippen molar-refractivity contribution < 1.29 is 4.42 Å². The Hall–Kier alpha value is -1.13. The molecule has 0 saturated carbocycles. The molecule has 2 N–H and O–H groups in total. The lowest BCUT2D eigenvalue weighted by Crippen LogP contribution is -2.12. The van der Waals surface area contributed by atoms with Crippen molar-refractivity contribution in [3.63, 3.8) is 0 Å². The molecule has 3 nitrogen and oxygen atoms in total. The molecule has 1 unspecified atom stereocenters. The number of nitrogens with zero attached hydrogens (tertiary/aromatic N) is 1. The molecule has 0 radical (unpaired) electrons. The van der Waals surface area contributed by atoms with E-state index < -0.39 is 0 Å². The third kappa shape index (κ3) is 1.86. The Labute approximate surface area is 90.1 Å². The number of pyridine rings is 1. The van der Waals surface area contributed by atoms with E-state index in [4.69, 9.17) is 10.2 Å². The van der Waals surface area contributed by atoms with Crippen molar-refractivity contribution in [3.8, 4) is 0 Å². The van der Waals surface area contributed by atoms with Gasteiger partial charge in [0, 0.05) is 16.2 Å². The van der Waals surface area contributed by atoms with Gasteiger partial charge < -0.3 is 10.2 Å². The van der Waals surface area contributed by atoms with Crippen LogP contribution in [0.3, 0.4) is 0 Å². The summed E-state index contributed by atoms with van der Waals surface area (Å²) in [6.45, 7) is 0. The number of halogens is 1. The van der Waals surface area contributed by atoms with Gasteiger partial charge in [0.1, 0.15) is 0 Å². The third-order valence-electron chi connectivity index (χ3n) is 1.97. The topological polar surface area (TPSA) is 52.0 Å². The number of rotatable bonds is 2. The smallest absolute Gasteiger partial charge is 0.0954 e. The Morgan fingerprint density at radius 1 is 1.36 bits per heavy atom. The molecule has 0 saturated heterocycles. The molecule has 0 aliphatic carbocycles. The van der Waals surface area contributed by atoms with Gasteiger partial charge >= 0.3 is 0 Å². The number of hydrogen-bond acceptors (Lipinski definition) is 3. The predicted molar refractivity (Wildman–Crippen MR) is 56.7 cm³/mol. The summed E-state index contributed by atoms with van der Waals surface area (Å²) >= 11 is 3.32. The molecule has 0 bridgehead atoms. The van der Waals surface area contributed by atoms with Crippen LogP contribution in [0.2, 0.25) is 0 Å².